The maximum absolute atomic E-state index is 12.6. The highest BCUT2D eigenvalue weighted by Gasteiger charge is 2.31. The minimum atomic E-state index is -4.76. The summed E-state index contributed by atoms with van der Waals surface area (Å²) in [7, 11) is 1.75. The van der Waals surface area contributed by atoms with Gasteiger partial charge in [-0.1, -0.05) is 24.3 Å². The van der Waals surface area contributed by atoms with Crippen molar-refractivity contribution < 1.29 is 32.4 Å². The van der Waals surface area contributed by atoms with Gasteiger partial charge in [-0.05, 0) is 41.8 Å². The zero-order valence-corrected chi connectivity index (χ0v) is 16.5. The second kappa shape index (κ2) is 9.17. The SMILES string of the molecule is C[NH+](CC(=O)Nc1ccc(OC(F)(F)F)cc1)CC(=O)N1CCc2ccccc2C1. The Kier molecular flexibility index (Phi) is 6.61. The molecule has 0 saturated carbocycles. The lowest BCUT2D eigenvalue weighted by Crippen LogP contribution is -3.11. The molecule has 1 aliphatic rings. The van der Waals surface area contributed by atoms with Gasteiger partial charge in [0, 0.05) is 18.8 Å². The van der Waals surface area contributed by atoms with Gasteiger partial charge in [-0.3, -0.25) is 9.59 Å². The van der Waals surface area contributed by atoms with Gasteiger partial charge in [0.2, 0.25) is 0 Å². The van der Waals surface area contributed by atoms with Crippen molar-refractivity contribution in [3.63, 3.8) is 0 Å². The number of halogens is 3. The highest BCUT2D eigenvalue weighted by molar-refractivity contribution is 5.91. The van der Waals surface area contributed by atoms with Crippen LogP contribution in [-0.2, 0) is 22.6 Å². The van der Waals surface area contributed by atoms with Crippen LogP contribution in [0.4, 0.5) is 18.9 Å². The molecule has 0 fully saturated rings. The summed E-state index contributed by atoms with van der Waals surface area (Å²) in [6.45, 7) is 1.45. The van der Waals surface area contributed by atoms with E-state index in [0.717, 1.165) is 24.1 Å². The summed E-state index contributed by atoms with van der Waals surface area (Å²) >= 11 is 0. The summed E-state index contributed by atoms with van der Waals surface area (Å²) in [5.74, 6) is -0.728. The summed E-state index contributed by atoms with van der Waals surface area (Å²) in [6, 6.07) is 12.9. The number of hydrogen-bond acceptors (Lipinski definition) is 3. The first-order valence-electron chi connectivity index (χ1n) is 9.51. The third-order valence-electron chi connectivity index (χ3n) is 4.77. The van der Waals surface area contributed by atoms with Crippen molar-refractivity contribution in [3.05, 3.63) is 59.7 Å². The van der Waals surface area contributed by atoms with E-state index in [-0.39, 0.29) is 30.7 Å². The molecule has 2 amide bonds. The summed E-state index contributed by atoms with van der Waals surface area (Å²) in [5, 5.41) is 2.61. The van der Waals surface area contributed by atoms with E-state index in [2.05, 4.69) is 16.1 Å². The van der Waals surface area contributed by atoms with E-state index in [1.54, 1.807) is 11.9 Å². The van der Waals surface area contributed by atoms with Crippen LogP contribution in [0.15, 0.2) is 48.5 Å². The number of benzene rings is 2. The van der Waals surface area contributed by atoms with Crippen LogP contribution in [0.1, 0.15) is 11.1 Å². The molecule has 6 nitrogen and oxygen atoms in total. The topological polar surface area (TPSA) is 63.1 Å². The summed E-state index contributed by atoms with van der Waals surface area (Å²) in [6.07, 6.45) is -3.95. The molecule has 3 rings (SSSR count). The first kappa shape index (κ1) is 21.6. The third kappa shape index (κ3) is 6.21. The summed E-state index contributed by atoms with van der Waals surface area (Å²) < 4.78 is 40.3. The number of hydrogen-bond donors (Lipinski definition) is 2. The molecule has 9 heteroatoms. The molecule has 0 aromatic heterocycles. The molecule has 0 bridgehead atoms. The third-order valence-corrected chi connectivity index (χ3v) is 4.77. The highest BCUT2D eigenvalue weighted by Crippen LogP contribution is 2.24. The zero-order valence-electron chi connectivity index (χ0n) is 16.5. The van der Waals surface area contributed by atoms with E-state index in [1.165, 1.54) is 17.7 Å². The van der Waals surface area contributed by atoms with Crippen molar-refractivity contribution >= 4 is 17.5 Å². The van der Waals surface area contributed by atoms with E-state index < -0.39 is 6.36 Å². The lowest BCUT2D eigenvalue weighted by molar-refractivity contribution is -0.862. The number of quaternary nitrogens is 1. The van der Waals surface area contributed by atoms with Crippen molar-refractivity contribution in [2.45, 2.75) is 19.3 Å². The number of nitrogens with zero attached hydrogens (tertiary/aromatic N) is 1. The molecule has 0 aliphatic carbocycles. The molecule has 2 aromatic rings. The molecule has 0 radical (unpaired) electrons. The molecular formula is C21H23F3N3O3+. The van der Waals surface area contributed by atoms with E-state index in [9.17, 15) is 22.8 Å². The number of anilines is 1. The van der Waals surface area contributed by atoms with Gasteiger partial charge in [0.1, 0.15) is 5.75 Å². The van der Waals surface area contributed by atoms with Gasteiger partial charge in [0.25, 0.3) is 11.8 Å². The number of carbonyl (C=O) groups excluding carboxylic acids is 2. The van der Waals surface area contributed by atoms with E-state index >= 15 is 0 Å². The average Bonchev–Trinajstić information content (AvgIpc) is 2.67. The van der Waals surface area contributed by atoms with Crippen LogP contribution >= 0.6 is 0 Å². The van der Waals surface area contributed by atoms with Crippen LogP contribution in [-0.4, -0.2) is 49.8 Å². The Hall–Kier alpha value is -3.07. The number of likely N-dealkylation sites (N-methyl/N-ethyl adjacent to an activating group) is 1. The Morgan fingerprint density at radius 3 is 2.40 bits per heavy atom. The van der Waals surface area contributed by atoms with Gasteiger partial charge in [-0.25, -0.2) is 0 Å². The van der Waals surface area contributed by atoms with Crippen LogP contribution in [0, 0.1) is 0 Å². The maximum Gasteiger partial charge on any atom is 0.573 e. The lowest BCUT2D eigenvalue weighted by Gasteiger charge is -2.29. The number of ether oxygens (including phenoxy) is 1. The fourth-order valence-corrected chi connectivity index (χ4v) is 3.36. The van der Waals surface area contributed by atoms with Crippen LogP contribution in [0.3, 0.4) is 0 Å². The van der Waals surface area contributed by atoms with Crippen molar-refractivity contribution in [2.24, 2.45) is 0 Å². The lowest BCUT2D eigenvalue weighted by atomic mass is 10.00. The van der Waals surface area contributed by atoms with Gasteiger partial charge < -0.3 is 19.9 Å². The van der Waals surface area contributed by atoms with E-state index in [0.29, 0.717) is 23.7 Å². The number of carbonyl (C=O) groups is 2. The second-order valence-corrected chi connectivity index (χ2v) is 7.27. The van der Waals surface area contributed by atoms with Gasteiger partial charge in [-0.2, -0.15) is 0 Å². The van der Waals surface area contributed by atoms with Gasteiger partial charge in [-0.15, -0.1) is 13.2 Å². The summed E-state index contributed by atoms with van der Waals surface area (Å²) in [5.41, 5.74) is 2.75. The molecule has 1 atom stereocenters. The number of fused-ring (bicyclic) bond motifs is 1. The molecule has 1 heterocycles. The van der Waals surface area contributed by atoms with Gasteiger partial charge in [0.15, 0.2) is 13.1 Å². The first-order valence-corrected chi connectivity index (χ1v) is 9.51. The van der Waals surface area contributed by atoms with Crippen molar-refractivity contribution in [3.8, 4) is 5.75 Å². The Labute approximate surface area is 172 Å². The maximum atomic E-state index is 12.6. The highest BCUT2D eigenvalue weighted by atomic mass is 19.4. The normalized spacial score (nSPS) is 14.6. The van der Waals surface area contributed by atoms with Crippen LogP contribution in [0.5, 0.6) is 5.75 Å². The fraction of sp³-hybridized carbons (Fsp3) is 0.333. The molecule has 30 heavy (non-hydrogen) atoms. The van der Waals surface area contributed by atoms with Crippen LogP contribution < -0.4 is 15.0 Å². The van der Waals surface area contributed by atoms with Crippen LogP contribution in [0.2, 0.25) is 0 Å². The fourth-order valence-electron chi connectivity index (χ4n) is 3.36. The molecule has 2 aromatic carbocycles. The van der Waals surface area contributed by atoms with E-state index in [4.69, 9.17) is 0 Å². The average molecular weight is 422 g/mol. The quantitative estimate of drug-likeness (QED) is 0.744. The zero-order chi connectivity index (χ0) is 21.7. The Balaban J connectivity index is 1.46. The molecule has 160 valence electrons. The van der Waals surface area contributed by atoms with Crippen molar-refractivity contribution in [2.75, 3.05) is 32.0 Å². The Morgan fingerprint density at radius 2 is 1.73 bits per heavy atom. The molecule has 1 aliphatic heterocycles. The van der Waals surface area contributed by atoms with Crippen molar-refractivity contribution in [1.29, 1.82) is 0 Å². The number of rotatable bonds is 6. The van der Waals surface area contributed by atoms with E-state index in [1.807, 2.05) is 18.2 Å². The van der Waals surface area contributed by atoms with Gasteiger partial charge in [0.05, 0.1) is 7.05 Å². The molecule has 2 N–H and O–H groups in total. The Bertz CT molecular complexity index is 900. The largest absolute Gasteiger partial charge is 0.573 e. The monoisotopic (exact) mass is 422 g/mol. The standard InChI is InChI=1S/C21H22F3N3O3/c1-26(14-20(29)27-11-10-15-4-2-3-5-16(15)12-27)13-19(28)25-17-6-8-18(9-7-17)30-21(22,23)24/h2-9H,10-14H2,1H3,(H,25,28)/p+1. The number of amides is 2. The van der Waals surface area contributed by atoms with Crippen molar-refractivity contribution in [1.82, 2.24) is 4.90 Å². The second-order valence-electron chi connectivity index (χ2n) is 7.27. The first-order chi connectivity index (χ1) is 14.2. The Morgan fingerprint density at radius 1 is 1.07 bits per heavy atom. The summed E-state index contributed by atoms with van der Waals surface area (Å²) in [4.78, 5) is 27.3. The number of alkyl halides is 3. The molecule has 0 spiro atoms. The molecule has 0 saturated heterocycles. The molecule has 1 unspecified atom stereocenters. The van der Waals surface area contributed by atoms with Crippen LogP contribution in [0.25, 0.3) is 0 Å². The number of nitrogens with one attached hydrogen (secondary N) is 2. The minimum Gasteiger partial charge on any atom is -0.406 e. The molecular weight excluding hydrogens is 399 g/mol. The van der Waals surface area contributed by atoms with Gasteiger partial charge >= 0.3 is 6.36 Å². The predicted molar refractivity (Wildman–Crippen MR) is 104 cm³/mol. The predicted octanol–water partition coefficient (Wildman–Crippen LogP) is 1.62. The smallest absolute Gasteiger partial charge is 0.406 e. The minimum absolute atomic E-state index is 0.0246.